The molecule has 2 aromatic carbocycles. The van der Waals surface area contributed by atoms with Crippen LogP contribution < -0.4 is 4.74 Å². The third kappa shape index (κ3) is 3.67. The molecule has 24 heavy (non-hydrogen) atoms. The standard InChI is InChI=1S/C16H13NO7/c1-22-15(18)10-7-11(16(19)23-2)9-12(8-10)24-14-6-4-3-5-13(14)17(20)21/h3-9H,1-2H3. The zero-order valence-corrected chi connectivity index (χ0v) is 12.8. The lowest BCUT2D eigenvalue weighted by atomic mass is 10.1. The van der Waals surface area contributed by atoms with E-state index in [1.165, 1.54) is 50.6 Å². The molecule has 0 saturated carbocycles. The Balaban J connectivity index is 2.48. The number of methoxy groups -OCH3 is 2. The highest BCUT2D eigenvalue weighted by molar-refractivity contribution is 5.96. The van der Waals surface area contributed by atoms with Crippen LogP contribution in [0.25, 0.3) is 0 Å². The van der Waals surface area contributed by atoms with Crippen molar-refractivity contribution in [1.82, 2.24) is 0 Å². The summed E-state index contributed by atoms with van der Waals surface area (Å²) < 4.78 is 14.7. The fourth-order valence-corrected chi connectivity index (χ4v) is 1.95. The molecule has 2 rings (SSSR count). The summed E-state index contributed by atoms with van der Waals surface area (Å²) in [5.74, 6) is -1.34. The molecule has 8 heteroatoms. The third-order valence-corrected chi connectivity index (χ3v) is 3.04. The van der Waals surface area contributed by atoms with Crippen LogP contribution >= 0.6 is 0 Å². The minimum absolute atomic E-state index is 0.0275. The molecule has 0 saturated heterocycles. The molecule has 0 fully saturated rings. The number of nitro groups is 1. The Bertz CT molecular complexity index is 767. The lowest BCUT2D eigenvalue weighted by Crippen LogP contribution is -2.07. The third-order valence-electron chi connectivity index (χ3n) is 3.04. The van der Waals surface area contributed by atoms with Crippen molar-refractivity contribution in [1.29, 1.82) is 0 Å². The highest BCUT2D eigenvalue weighted by atomic mass is 16.6. The molecule has 0 aliphatic heterocycles. The van der Waals surface area contributed by atoms with Crippen LogP contribution in [-0.4, -0.2) is 31.1 Å². The van der Waals surface area contributed by atoms with Gasteiger partial charge in [0.1, 0.15) is 5.75 Å². The van der Waals surface area contributed by atoms with Crippen molar-refractivity contribution < 1.29 is 28.7 Å². The van der Waals surface area contributed by atoms with Crippen molar-refractivity contribution >= 4 is 17.6 Å². The van der Waals surface area contributed by atoms with Gasteiger partial charge in [0.2, 0.25) is 5.75 Å². The number of benzene rings is 2. The van der Waals surface area contributed by atoms with Gasteiger partial charge in [0.15, 0.2) is 0 Å². The van der Waals surface area contributed by atoms with Gasteiger partial charge in [-0.25, -0.2) is 9.59 Å². The molecule has 0 N–H and O–H groups in total. The molecule has 0 aromatic heterocycles. The molecule has 0 aliphatic rings. The summed E-state index contributed by atoms with van der Waals surface area (Å²) in [6, 6.07) is 9.65. The second-order valence-corrected chi connectivity index (χ2v) is 4.56. The smallest absolute Gasteiger partial charge is 0.338 e. The van der Waals surface area contributed by atoms with Gasteiger partial charge in [-0.15, -0.1) is 0 Å². The normalized spacial score (nSPS) is 9.92. The van der Waals surface area contributed by atoms with E-state index in [-0.39, 0.29) is 28.3 Å². The zero-order valence-electron chi connectivity index (χ0n) is 12.8. The minimum Gasteiger partial charge on any atom is -0.465 e. The van der Waals surface area contributed by atoms with Crippen molar-refractivity contribution in [3.63, 3.8) is 0 Å². The van der Waals surface area contributed by atoms with Crippen LogP contribution in [0.2, 0.25) is 0 Å². The molecule has 0 radical (unpaired) electrons. The van der Waals surface area contributed by atoms with Gasteiger partial charge in [-0.05, 0) is 24.3 Å². The van der Waals surface area contributed by atoms with Crippen LogP contribution in [0.4, 0.5) is 5.69 Å². The molecular formula is C16H13NO7. The fourth-order valence-electron chi connectivity index (χ4n) is 1.95. The first-order valence-corrected chi connectivity index (χ1v) is 6.69. The van der Waals surface area contributed by atoms with E-state index < -0.39 is 16.9 Å². The van der Waals surface area contributed by atoms with E-state index in [0.717, 1.165) is 0 Å². The lowest BCUT2D eigenvalue weighted by Gasteiger charge is -2.09. The second-order valence-electron chi connectivity index (χ2n) is 4.56. The molecule has 0 unspecified atom stereocenters. The summed E-state index contributed by atoms with van der Waals surface area (Å²) >= 11 is 0. The number of carbonyl (C=O) groups is 2. The number of hydrogen-bond donors (Lipinski definition) is 0. The van der Waals surface area contributed by atoms with Crippen LogP contribution in [0.15, 0.2) is 42.5 Å². The summed E-state index contributed by atoms with van der Waals surface area (Å²) in [5.41, 5.74) is -0.149. The Kier molecular flexibility index (Phi) is 5.10. The van der Waals surface area contributed by atoms with Gasteiger partial charge >= 0.3 is 17.6 Å². The van der Waals surface area contributed by atoms with Crippen LogP contribution in [0, 0.1) is 10.1 Å². The van der Waals surface area contributed by atoms with Crippen LogP contribution in [-0.2, 0) is 9.47 Å². The van der Waals surface area contributed by atoms with Crippen LogP contribution in [0.1, 0.15) is 20.7 Å². The fraction of sp³-hybridized carbons (Fsp3) is 0.125. The molecule has 2 aromatic rings. The summed E-state index contributed by atoms with van der Waals surface area (Å²) in [4.78, 5) is 33.9. The Hall–Kier alpha value is -3.42. The van der Waals surface area contributed by atoms with Gasteiger partial charge in [0.25, 0.3) is 0 Å². The number of para-hydroxylation sites is 2. The van der Waals surface area contributed by atoms with E-state index in [0.29, 0.717) is 0 Å². The minimum atomic E-state index is -0.687. The summed E-state index contributed by atoms with van der Waals surface area (Å²) in [5, 5.41) is 11.0. The summed E-state index contributed by atoms with van der Waals surface area (Å²) in [7, 11) is 2.38. The van der Waals surface area contributed by atoms with Crippen molar-refractivity contribution in [2.45, 2.75) is 0 Å². The molecule has 0 amide bonds. The average molecular weight is 331 g/mol. The molecule has 124 valence electrons. The molecule has 0 heterocycles. The number of esters is 2. The SMILES string of the molecule is COC(=O)c1cc(Oc2ccccc2[N+](=O)[O-])cc(C(=O)OC)c1. The van der Waals surface area contributed by atoms with Gasteiger partial charge in [-0.1, -0.05) is 12.1 Å². The number of nitro benzene ring substituents is 1. The molecule has 0 spiro atoms. The van der Waals surface area contributed by atoms with E-state index >= 15 is 0 Å². The second kappa shape index (κ2) is 7.23. The van der Waals surface area contributed by atoms with Gasteiger partial charge < -0.3 is 14.2 Å². The van der Waals surface area contributed by atoms with Gasteiger partial charge in [-0.3, -0.25) is 10.1 Å². The Morgan fingerprint density at radius 2 is 1.50 bits per heavy atom. The lowest BCUT2D eigenvalue weighted by molar-refractivity contribution is -0.385. The topological polar surface area (TPSA) is 105 Å². The summed E-state index contributed by atoms with van der Waals surface area (Å²) in [6.07, 6.45) is 0. The number of carbonyl (C=O) groups excluding carboxylic acids is 2. The molecule has 8 nitrogen and oxygen atoms in total. The van der Waals surface area contributed by atoms with Gasteiger partial charge in [-0.2, -0.15) is 0 Å². The maximum absolute atomic E-state index is 11.7. The monoisotopic (exact) mass is 331 g/mol. The number of ether oxygens (including phenoxy) is 3. The predicted molar refractivity (Wildman–Crippen MR) is 82.3 cm³/mol. The van der Waals surface area contributed by atoms with Crippen LogP contribution in [0.3, 0.4) is 0 Å². The maximum atomic E-state index is 11.7. The quantitative estimate of drug-likeness (QED) is 0.471. The summed E-state index contributed by atoms with van der Waals surface area (Å²) in [6.45, 7) is 0. The largest absolute Gasteiger partial charge is 0.465 e. The van der Waals surface area contributed by atoms with E-state index in [4.69, 9.17) is 4.74 Å². The zero-order chi connectivity index (χ0) is 17.7. The highest BCUT2D eigenvalue weighted by Crippen LogP contribution is 2.32. The van der Waals surface area contributed by atoms with Gasteiger partial charge in [0, 0.05) is 6.07 Å². The Morgan fingerprint density at radius 1 is 0.958 bits per heavy atom. The van der Waals surface area contributed by atoms with Gasteiger partial charge in [0.05, 0.1) is 30.3 Å². The van der Waals surface area contributed by atoms with Crippen LogP contribution in [0.5, 0.6) is 11.5 Å². The predicted octanol–water partition coefficient (Wildman–Crippen LogP) is 2.96. The number of rotatable bonds is 5. The Labute approximate surface area is 136 Å². The first-order valence-electron chi connectivity index (χ1n) is 6.69. The van der Waals surface area contributed by atoms with Crippen molar-refractivity contribution in [3.05, 3.63) is 63.7 Å². The highest BCUT2D eigenvalue weighted by Gasteiger charge is 2.18. The molecular weight excluding hydrogens is 318 g/mol. The first kappa shape index (κ1) is 16.9. The first-order chi connectivity index (χ1) is 11.5. The van der Waals surface area contributed by atoms with Crippen molar-refractivity contribution in [3.8, 4) is 11.5 Å². The average Bonchev–Trinajstić information content (AvgIpc) is 2.60. The molecule has 0 atom stereocenters. The van der Waals surface area contributed by atoms with E-state index in [1.54, 1.807) is 6.07 Å². The van der Waals surface area contributed by atoms with E-state index in [1.807, 2.05) is 0 Å². The van der Waals surface area contributed by atoms with Crippen molar-refractivity contribution in [2.75, 3.05) is 14.2 Å². The van der Waals surface area contributed by atoms with E-state index in [9.17, 15) is 19.7 Å². The molecule has 0 bridgehead atoms. The van der Waals surface area contributed by atoms with E-state index in [2.05, 4.69) is 9.47 Å². The molecule has 0 aliphatic carbocycles. The Morgan fingerprint density at radius 3 is 2.00 bits per heavy atom. The maximum Gasteiger partial charge on any atom is 0.338 e. The number of hydrogen-bond acceptors (Lipinski definition) is 7. The number of nitrogens with zero attached hydrogens (tertiary/aromatic N) is 1. The van der Waals surface area contributed by atoms with Crippen molar-refractivity contribution in [2.24, 2.45) is 0 Å².